The Labute approximate surface area is 147 Å². The van der Waals surface area contributed by atoms with E-state index in [1.807, 2.05) is 6.07 Å². The highest BCUT2D eigenvalue weighted by Crippen LogP contribution is 2.27. The van der Waals surface area contributed by atoms with E-state index in [4.69, 9.17) is 9.15 Å². The fourth-order valence-corrected chi connectivity index (χ4v) is 3.53. The molecule has 3 heterocycles. The first-order chi connectivity index (χ1) is 12.2. The van der Waals surface area contributed by atoms with Crippen LogP contribution in [0.25, 0.3) is 10.2 Å². The second-order valence-electron chi connectivity index (χ2n) is 5.54. The van der Waals surface area contributed by atoms with Gasteiger partial charge in [-0.15, -0.1) is 0 Å². The predicted molar refractivity (Wildman–Crippen MR) is 93.0 cm³/mol. The molecule has 1 aliphatic rings. The number of nitrogens with zero attached hydrogens (tertiary/aromatic N) is 2. The van der Waals surface area contributed by atoms with Crippen molar-refractivity contribution in [2.45, 2.75) is 0 Å². The van der Waals surface area contributed by atoms with Crippen molar-refractivity contribution >= 4 is 38.5 Å². The minimum absolute atomic E-state index is 0.0141. The summed E-state index contributed by atoms with van der Waals surface area (Å²) in [4.78, 5) is 30.7. The summed E-state index contributed by atoms with van der Waals surface area (Å²) >= 11 is 1.32. The number of morpholine rings is 1. The number of carbonyl (C=O) groups excluding carboxylic acids is 2. The maximum Gasteiger partial charge on any atom is 0.293 e. The Bertz CT molecular complexity index is 913. The average molecular weight is 357 g/mol. The number of hydrogen-bond acceptors (Lipinski definition) is 6. The zero-order valence-electron chi connectivity index (χ0n) is 13.2. The first-order valence-corrected chi connectivity index (χ1v) is 8.65. The summed E-state index contributed by atoms with van der Waals surface area (Å²) in [6.07, 6.45) is 1.44. The molecule has 128 valence electrons. The van der Waals surface area contributed by atoms with Gasteiger partial charge < -0.3 is 14.1 Å². The molecule has 0 radical (unpaired) electrons. The largest absolute Gasteiger partial charge is 0.459 e. The van der Waals surface area contributed by atoms with Gasteiger partial charge in [0.2, 0.25) is 0 Å². The Morgan fingerprint density at radius 2 is 2.04 bits per heavy atom. The summed E-state index contributed by atoms with van der Waals surface area (Å²) in [5, 5.41) is 3.17. The molecule has 8 heteroatoms. The van der Waals surface area contributed by atoms with E-state index in [1.165, 1.54) is 17.6 Å². The first-order valence-electron chi connectivity index (χ1n) is 7.83. The molecule has 7 nitrogen and oxygen atoms in total. The van der Waals surface area contributed by atoms with Crippen LogP contribution in [0.3, 0.4) is 0 Å². The molecule has 0 atom stereocenters. The number of carbonyl (C=O) groups is 2. The standard InChI is InChI=1S/C17H15N3O4S/c21-15(13-2-1-7-24-13)19-17-18-12-4-3-11(10-14(12)25-17)16(22)20-5-8-23-9-6-20/h1-4,7,10H,5-6,8-9H2,(H,18,19,21). The van der Waals surface area contributed by atoms with Crippen LogP contribution in [-0.2, 0) is 4.74 Å². The number of aromatic nitrogens is 1. The molecule has 2 aromatic heterocycles. The molecule has 0 saturated carbocycles. The van der Waals surface area contributed by atoms with Crippen LogP contribution in [0.15, 0.2) is 41.0 Å². The zero-order chi connectivity index (χ0) is 17.2. The maximum atomic E-state index is 12.6. The molecule has 2 amide bonds. The fourth-order valence-electron chi connectivity index (χ4n) is 2.63. The van der Waals surface area contributed by atoms with Gasteiger partial charge in [0.05, 0.1) is 29.7 Å². The lowest BCUT2D eigenvalue weighted by molar-refractivity contribution is 0.0303. The van der Waals surface area contributed by atoms with Crippen LogP contribution in [0.5, 0.6) is 0 Å². The van der Waals surface area contributed by atoms with E-state index in [0.717, 1.165) is 10.2 Å². The van der Waals surface area contributed by atoms with E-state index in [9.17, 15) is 9.59 Å². The number of thiazole rings is 1. The topological polar surface area (TPSA) is 84.7 Å². The number of ether oxygens (including phenoxy) is 1. The normalized spacial score (nSPS) is 14.6. The zero-order valence-corrected chi connectivity index (χ0v) is 14.0. The third kappa shape index (κ3) is 3.26. The number of furan rings is 1. The Hall–Kier alpha value is -2.71. The number of fused-ring (bicyclic) bond motifs is 1. The van der Waals surface area contributed by atoms with Crippen molar-refractivity contribution in [3.63, 3.8) is 0 Å². The van der Waals surface area contributed by atoms with E-state index in [2.05, 4.69) is 10.3 Å². The molecule has 1 aromatic carbocycles. The lowest BCUT2D eigenvalue weighted by atomic mass is 10.2. The quantitative estimate of drug-likeness (QED) is 0.779. The van der Waals surface area contributed by atoms with Crippen LogP contribution < -0.4 is 5.32 Å². The van der Waals surface area contributed by atoms with Crippen LogP contribution in [0.4, 0.5) is 5.13 Å². The molecule has 0 spiro atoms. The van der Waals surface area contributed by atoms with E-state index in [-0.39, 0.29) is 17.6 Å². The van der Waals surface area contributed by atoms with E-state index in [0.29, 0.717) is 37.0 Å². The van der Waals surface area contributed by atoms with Gasteiger partial charge >= 0.3 is 0 Å². The molecule has 1 fully saturated rings. The third-order valence-electron chi connectivity index (χ3n) is 3.90. The van der Waals surface area contributed by atoms with Crippen LogP contribution in [0.1, 0.15) is 20.9 Å². The summed E-state index contributed by atoms with van der Waals surface area (Å²) < 4.78 is 11.2. The highest BCUT2D eigenvalue weighted by atomic mass is 32.1. The van der Waals surface area contributed by atoms with Crippen LogP contribution >= 0.6 is 11.3 Å². The van der Waals surface area contributed by atoms with Crippen LogP contribution in [-0.4, -0.2) is 48.0 Å². The van der Waals surface area contributed by atoms with Crippen molar-refractivity contribution in [1.82, 2.24) is 9.88 Å². The van der Waals surface area contributed by atoms with E-state index in [1.54, 1.807) is 29.2 Å². The van der Waals surface area contributed by atoms with Gasteiger partial charge in [-0.1, -0.05) is 11.3 Å². The van der Waals surface area contributed by atoms with E-state index >= 15 is 0 Å². The Kier molecular flexibility index (Phi) is 4.21. The van der Waals surface area contributed by atoms with Gasteiger partial charge in [0.15, 0.2) is 10.9 Å². The molecule has 1 saturated heterocycles. The van der Waals surface area contributed by atoms with Gasteiger partial charge in [-0.05, 0) is 30.3 Å². The molecule has 25 heavy (non-hydrogen) atoms. The van der Waals surface area contributed by atoms with Crippen molar-refractivity contribution in [3.8, 4) is 0 Å². The van der Waals surface area contributed by atoms with Gasteiger partial charge in [-0.2, -0.15) is 0 Å². The summed E-state index contributed by atoms with van der Waals surface area (Å²) in [5.41, 5.74) is 1.35. The smallest absolute Gasteiger partial charge is 0.293 e. The Morgan fingerprint density at radius 3 is 2.80 bits per heavy atom. The molecule has 1 aliphatic heterocycles. The lowest BCUT2D eigenvalue weighted by Crippen LogP contribution is -2.40. The highest BCUT2D eigenvalue weighted by Gasteiger charge is 2.19. The number of anilines is 1. The van der Waals surface area contributed by atoms with Gasteiger partial charge in [-0.25, -0.2) is 4.98 Å². The molecule has 0 aliphatic carbocycles. The van der Waals surface area contributed by atoms with Crippen molar-refractivity contribution in [1.29, 1.82) is 0 Å². The molecule has 3 aromatic rings. The first kappa shape index (κ1) is 15.8. The Morgan fingerprint density at radius 1 is 1.20 bits per heavy atom. The van der Waals surface area contributed by atoms with Crippen molar-refractivity contribution in [2.75, 3.05) is 31.6 Å². The predicted octanol–water partition coefficient (Wildman–Crippen LogP) is 2.61. The molecule has 0 unspecified atom stereocenters. The average Bonchev–Trinajstić information content (AvgIpc) is 3.30. The number of benzene rings is 1. The number of nitrogens with one attached hydrogen (secondary N) is 1. The number of amides is 2. The molecular weight excluding hydrogens is 342 g/mol. The second-order valence-corrected chi connectivity index (χ2v) is 6.57. The highest BCUT2D eigenvalue weighted by molar-refractivity contribution is 7.22. The third-order valence-corrected chi connectivity index (χ3v) is 4.83. The minimum Gasteiger partial charge on any atom is -0.459 e. The van der Waals surface area contributed by atoms with Crippen molar-refractivity contribution < 1.29 is 18.7 Å². The minimum atomic E-state index is -0.353. The molecule has 4 rings (SSSR count). The van der Waals surface area contributed by atoms with Gasteiger partial charge in [0, 0.05) is 18.7 Å². The van der Waals surface area contributed by atoms with Gasteiger partial charge in [0.25, 0.3) is 11.8 Å². The van der Waals surface area contributed by atoms with Crippen LogP contribution in [0, 0.1) is 0 Å². The van der Waals surface area contributed by atoms with Crippen LogP contribution in [0.2, 0.25) is 0 Å². The summed E-state index contributed by atoms with van der Waals surface area (Å²) in [7, 11) is 0. The monoisotopic (exact) mass is 357 g/mol. The lowest BCUT2D eigenvalue weighted by Gasteiger charge is -2.26. The van der Waals surface area contributed by atoms with Gasteiger partial charge in [0.1, 0.15) is 0 Å². The summed E-state index contributed by atoms with van der Waals surface area (Å²) in [6, 6.07) is 8.60. The number of hydrogen-bond donors (Lipinski definition) is 1. The van der Waals surface area contributed by atoms with Gasteiger partial charge in [-0.3, -0.25) is 14.9 Å². The summed E-state index contributed by atoms with van der Waals surface area (Å²) in [5.74, 6) is -0.143. The maximum absolute atomic E-state index is 12.6. The summed E-state index contributed by atoms with van der Waals surface area (Å²) in [6.45, 7) is 2.34. The molecule has 1 N–H and O–H groups in total. The fraction of sp³-hybridized carbons (Fsp3) is 0.235. The molecular formula is C17H15N3O4S. The number of rotatable bonds is 3. The second kappa shape index (κ2) is 6.66. The molecule has 0 bridgehead atoms. The SMILES string of the molecule is O=C(Nc1nc2ccc(C(=O)N3CCOCC3)cc2s1)c1ccco1. The van der Waals surface area contributed by atoms with Crippen molar-refractivity contribution in [3.05, 3.63) is 47.9 Å². The van der Waals surface area contributed by atoms with Crippen molar-refractivity contribution in [2.24, 2.45) is 0 Å². The van der Waals surface area contributed by atoms with E-state index < -0.39 is 0 Å². The Balaban J connectivity index is 1.54.